The van der Waals surface area contributed by atoms with E-state index in [2.05, 4.69) is 17.1 Å². The maximum atomic E-state index is 5.70. The molecule has 86 valence electrons. The Bertz CT molecular complexity index is 525. The Morgan fingerprint density at radius 3 is 2.94 bits per heavy atom. The molecule has 0 saturated carbocycles. The lowest BCUT2D eigenvalue weighted by atomic mass is 9.98. The number of fused-ring (bicyclic) bond motifs is 1. The molecule has 1 aliphatic heterocycles. The van der Waals surface area contributed by atoms with Crippen LogP contribution >= 0.6 is 0 Å². The van der Waals surface area contributed by atoms with Crippen molar-refractivity contribution in [3.8, 4) is 11.3 Å². The van der Waals surface area contributed by atoms with Crippen LogP contribution in [0.4, 0.5) is 0 Å². The highest BCUT2D eigenvalue weighted by molar-refractivity contribution is 5.66. The molecule has 3 rings (SSSR count). The molecule has 3 heteroatoms. The topological polar surface area (TPSA) is 48.1 Å². The van der Waals surface area contributed by atoms with E-state index in [-0.39, 0.29) is 6.10 Å². The van der Waals surface area contributed by atoms with Crippen LogP contribution in [0, 0.1) is 0 Å². The Kier molecular flexibility index (Phi) is 2.63. The molecule has 2 aromatic rings. The van der Waals surface area contributed by atoms with Crippen molar-refractivity contribution >= 4 is 0 Å². The lowest BCUT2D eigenvalue weighted by Crippen LogP contribution is -2.10. The molecule has 0 fully saturated rings. The smallest absolute Gasteiger partial charge is 0.0955 e. The van der Waals surface area contributed by atoms with Crippen LogP contribution in [-0.2, 0) is 11.3 Å². The van der Waals surface area contributed by atoms with Gasteiger partial charge in [0.2, 0.25) is 0 Å². The Balaban J connectivity index is 2.12. The van der Waals surface area contributed by atoms with Gasteiger partial charge in [-0.1, -0.05) is 24.3 Å². The van der Waals surface area contributed by atoms with E-state index in [9.17, 15) is 0 Å². The second-order valence-corrected chi connectivity index (χ2v) is 4.12. The first kappa shape index (κ1) is 10.4. The van der Waals surface area contributed by atoms with Crippen molar-refractivity contribution in [2.75, 3.05) is 6.54 Å². The summed E-state index contributed by atoms with van der Waals surface area (Å²) in [6, 6.07) is 12.2. The molecule has 1 atom stereocenters. The lowest BCUT2D eigenvalue weighted by molar-refractivity contribution is 0.0724. The van der Waals surface area contributed by atoms with E-state index >= 15 is 0 Å². The van der Waals surface area contributed by atoms with Crippen LogP contribution in [0.15, 0.2) is 42.6 Å². The second kappa shape index (κ2) is 4.28. The van der Waals surface area contributed by atoms with Gasteiger partial charge in [0.1, 0.15) is 0 Å². The highest BCUT2D eigenvalue weighted by Crippen LogP contribution is 2.35. The molecule has 0 radical (unpaired) electrons. The molecule has 0 saturated heterocycles. The Morgan fingerprint density at radius 1 is 1.24 bits per heavy atom. The van der Waals surface area contributed by atoms with Crippen LogP contribution in [0.1, 0.15) is 17.2 Å². The van der Waals surface area contributed by atoms with E-state index < -0.39 is 0 Å². The first-order chi connectivity index (χ1) is 8.40. The van der Waals surface area contributed by atoms with Gasteiger partial charge in [0, 0.05) is 18.3 Å². The Hall–Kier alpha value is -1.71. The van der Waals surface area contributed by atoms with Crippen LogP contribution in [0.5, 0.6) is 0 Å². The fraction of sp³-hybridized carbons (Fsp3) is 0.214. The van der Waals surface area contributed by atoms with Crippen molar-refractivity contribution in [2.45, 2.75) is 12.7 Å². The quantitative estimate of drug-likeness (QED) is 0.854. The van der Waals surface area contributed by atoms with Crippen molar-refractivity contribution in [1.82, 2.24) is 4.98 Å². The van der Waals surface area contributed by atoms with Crippen molar-refractivity contribution in [3.63, 3.8) is 0 Å². The molecule has 1 unspecified atom stereocenters. The number of hydrogen-bond donors (Lipinski definition) is 1. The summed E-state index contributed by atoms with van der Waals surface area (Å²) in [4.78, 5) is 4.39. The van der Waals surface area contributed by atoms with Crippen LogP contribution in [0.25, 0.3) is 11.3 Å². The molecule has 2 N–H and O–H groups in total. The van der Waals surface area contributed by atoms with Gasteiger partial charge in [-0.2, -0.15) is 0 Å². The first-order valence-electron chi connectivity index (χ1n) is 5.75. The average Bonchev–Trinajstić information content (AvgIpc) is 2.82. The van der Waals surface area contributed by atoms with Gasteiger partial charge < -0.3 is 10.5 Å². The van der Waals surface area contributed by atoms with E-state index in [0.717, 1.165) is 11.3 Å². The summed E-state index contributed by atoms with van der Waals surface area (Å²) in [5, 5.41) is 0. The largest absolute Gasteiger partial charge is 0.367 e. The number of hydrogen-bond acceptors (Lipinski definition) is 3. The zero-order chi connectivity index (χ0) is 11.7. The van der Waals surface area contributed by atoms with Gasteiger partial charge in [-0.05, 0) is 23.3 Å². The van der Waals surface area contributed by atoms with Gasteiger partial charge >= 0.3 is 0 Å². The number of nitrogens with zero attached hydrogens (tertiary/aromatic N) is 1. The van der Waals surface area contributed by atoms with E-state index in [0.29, 0.717) is 13.2 Å². The minimum atomic E-state index is 0.0358. The minimum Gasteiger partial charge on any atom is -0.367 e. The molecule has 0 aliphatic carbocycles. The molecular formula is C14H14N2O. The zero-order valence-corrected chi connectivity index (χ0v) is 9.47. The van der Waals surface area contributed by atoms with Gasteiger partial charge in [-0.15, -0.1) is 0 Å². The molecule has 2 heterocycles. The fourth-order valence-corrected chi connectivity index (χ4v) is 2.30. The number of nitrogens with two attached hydrogens (primary N) is 1. The summed E-state index contributed by atoms with van der Waals surface area (Å²) in [5.41, 5.74) is 10.3. The van der Waals surface area contributed by atoms with Crippen molar-refractivity contribution in [2.24, 2.45) is 5.73 Å². The van der Waals surface area contributed by atoms with Crippen LogP contribution < -0.4 is 5.73 Å². The monoisotopic (exact) mass is 226 g/mol. The van der Waals surface area contributed by atoms with Crippen LogP contribution in [-0.4, -0.2) is 11.5 Å². The Morgan fingerprint density at radius 2 is 2.18 bits per heavy atom. The highest BCUT2D eigenvalue weighted by Gasteiger charge is 2.24. The highest BCUT2D eigenvalue weighted by atomic mass is 16.5. The molecule has 17 heavy (non-hydrogen) atoms. The van der Waals surface area contributed by atoms with Gasteiger partial charge in [-0.25, -0.2) is 0 Å². The standard InChI is InChI=1S/C14H14N2O/c15-8-14-11-5-3-4-10(12(11)9-17-14)13-6-1-2-7-16-13/h1-7,14H,8-9,15H2. The maximum absolute atomic E-state index is 5.70. The molecule has 1 aromatic heterocycles. The van der Waals surface area contributed by atoms with Crippen LogP contribution in [0.2, 0.25) is 0 Å². The molecule has 0 spiro atoms. The number of pyridine rings is 1. The summed E-state index contributed by atoms with van der Waals surface area (Å²) < 4.78 is 5.68. The molecule has 1 aromatic carbocycles. The van der Waals surface area contributed by atoms with Crippen molar-refractivity contribution < 1.29 is 4.74 Å². The number of benzene rings is 1. The van der Waals surface area contributed by atoms with E-state index in [1.807, 2.05) is 30.5 Å². The third-order valence-electron chi connectivity index (χ3n) is 3.14. The van der Waals surface area contributed by atoms with E-state index in [1.165, 1.54) is 11.1 Å². The Labute approximate surface area is 100 Å². The predicted octanol–water partition coefficient (Wildman–Crippen LogP) is 2.28. The third-order valence-corrected chi connectivity index (χ3v) is 3.14. The molecular weight excluding hydrogens is 212 g/mol. The SMILES string of the molecule is NCC1OCc2c(-c3ccccn3)cccc21. The summed E-state index contributed by atoms with van der Waals surface area (Å²) in [7, 11) is 0. The first-order valence-corrected chi connectivity index (χ1v) is 5.75. The fourth-order valence-electron chi connectivity index (χ4n) is 2.30. The summed E-state index contributed by atoms with van der Waals surface area (Å²) in [5.74, 6) is 0. The normalized spacial score (nSPS) is 18.1. The number of ether oxygens (including phenoxy) is 1. The predicted molar refractivity (Wildman–Crippen MR) is 66.3 cm³/mol. The molecule has 0 amide bonds. The van der Waals surface area contributed by atoms with E-state index in [4.69, 9.17) is 10.5 Å². The van der Waals surface area contributed by atoms with Crippen molar-refractivity contribution in [3.05, 3.63) is 53.7 Å². The molecule has 3 nitrogen and oxygen atoms in total. The van der Waals surface area contributed by atoms with Crippen molar-refractivity contribution in [1.29, 1.82) is 0 Å². The molecule has 1 aliphatic rings. The van der Waals surface area contributed by atoms with Crippen LogP contribution in [0.3, 0.4) is 0 Å². The molecule has 0 bridgehead atoms. The zero-order valence-electron chi connectivity index (χ0n) is 9.47. The third kappa shape index (κ3) is 1.73. The summed E-state index contributed by atoms with van der Waals surface area (Å²) >= 11 is 0. The van der Waals surface area contributed by atoms with Gasteiger partial charge in [0.25, 0.3) is 0 Å². The van der Waals surface area contributed by atoms with E-state index in [1.54, 1.807) is 0 Å². The second-order valence-electron chi connectivity index (χ2n) is 4.12. The van der Waals surface area contributed by atoms with Gasteiger partial charge in [0.05, 0.1) is 18.4 Å². The lowest BCUT2D eigenvalue weighted by Gasteiger charge is -2.08. The number of aromatic nitrogens is 1. The summed E-state index contributed by atoms with van der Waals surface area (Å²) in [6.07, 6.45) is 1.85. The van der Waals surface area contributed by atoms with Gasteiger partial charge in [-0.3, -0.25) is 4.98 Å². The number of rotatable bonds is 2. The maximum Gasteiger partial charge on any atom is 0.0955 e. The average molecular weight is 226 g/mol. The minimum absolute atomic E-state index is 0.0358. The summed E-state index contributed by atoms with van der Waals surface area (Å²) in [6.45, 7) is 1.16. The van der Waals surface area contributed by atoms with Gasteiger partial charge in [0.15, 0.2) is 0 Å².